The van der Waals surface area contributed by atoms with Gasteiger partial charge in [-0.2, -0.15) is 15.4 Å². The number of benzene rings is 1. The van der Waals surface area contributed by atoms with Crippen LogP contribution < -0.4 is 5.32 Å². The summed E-state index contributed by atoms with van der Waals surface area (Å²) in [4.78, 5) is 0. The van der Waals surface area contributed by atoms with Gasteiger partial charge < -0.3 is 5.32 Å². The predicted octanol–water partition coefficient (Wildman–Crippen LogP) is 2.60. The maximum atomic E-state index is 13.7. The highest BCUT2D eigenvalue weighted by atomic mass is 79.9. The first-order valence-electron chi connectivity index (χ1n) is 5.73. The summed E-state index contributed by atoms with van der Waals surface area (Å²) in [7, 11) is 0. The van der Waals surface area contributed by atoms with E-state index in [1.54, 1.807) is 18.3 Å². The molecule has 1 aromatic carbocycles. The van der Waals surface area contributed by atoms with Gasteiger partial charge in [-0.1, -0.05) is 22.9 Å². The molecule has 0 saturated carbocycles. The van der Waals surface area contributed by atoms with Gasteiger partial charge in [-0.25, -0.2) is 4.39 Å². The standard InChI is InChI=1S/C12H14BrFN4/c1-2-15-11(12-7-16-18-17-12)6-8-5-9(13)3-4-10(8)14/h3-5,7,11,15H,2,6H2,1H3,(H,16,17,18). The summed E-state index contributed by atoms with van der Waals surface area (Å²) in [6, 6.07) is 4.90. The highest BCUT2D eigenvalue weighted by Crippen LogP contribution is 2.21. The van der Waals surface area contributed by atoms with E-state index in [-0.39, 0.29) is 11.9 Å². The molecule has 0 aliphatic carbocycles. The molecule has 6 heteroatoms. The lowest BCUT2D eigenvalue weighted by Crippen LogP contribution is -2.23. The molecular weight excluding hydrogens is 299 g/mol. The summed E-state index contributed by atoms with van der Waals surface area (Å²) in [6.07, 6.45) is 2.19. The van der Waals surface area contributed by atoms with Crippen LogP contribution in [-0.4, -0.2) is 22.0 Å². The van der Waals surface area contributed by atoms with Crippen LogP contribution in [0.2, 0.25) is 0 Å². The summed E-state index contributed by atoms with van der Waals surface area (Å²) in [5.74, 6) is -0.204. The monoisotopic (exact) mass is 312 g/mol. The van der Waals surface area contributed by atoms with E-state index in [0.29, 0.717) is 12.0 Å². The van der Waals surface area contributed by atoms with Gasteiger partial charge in [-0.05, 0) is 36.7 Å². The van der Waals surface area contributed by atoms with E-state index in [1.807, 2.05) is 6.92 Å². The van der Waals surface area contributed by atoms with E-state index in [4.69, 9.17) is 0 Å². The van der Waals surface area contributed by atoms with Crippen molar-refractivity contribution in [3.05, 3.63) is 45.9 Å². The molecule has 0 amide bonds. The molecule has 1 atom stereocenters. The Morgan fingerprint density at radius 2 is 2.33 bits per heavy atom. The zero-order valence-electron chi connectivity index (χ0n) is 9.95. The molecule has 0 saturated heterocycles. The Morgan fingerprint density at radius 3 is 3.00 bits per heavy atom. The van der Waals surface area contributed by atoms with Crippen molar-refractivity contribution in [3.63, 3.8) is 0 Å². The van der Waals surface area contributed by atoms with Crippen LogP contribution in [0.4, 0.5) is 4.39 Å². The van der Waals surface area contributed by atoms with Crippen molar-refractivity contribution in [3.8, 4) is 0 Å². The molecule has 1 aromatic heterocycles. The summed E-state index contributed by atoms with van der Waals surface area (Å²) in [5.41, 5.74) is 1.44. The molecule has 0 spiro atoms. The van der Waals surface area contributed by atoms with Crippen molar-refractivity contribution in [1.29, 1.82) is 0 Å². The third-order valence-corrected chi connectivity index (χ3v) is 3.17. The second kappa shape index (κ2) is 6.06. The fraction of sp³-hybridized carbons (Fsp3) is 0.333. The average molecular weight is 313 g/mol. The Bertz CT molecular complexity index is 501. The molecular formula is C12H14BrFN4. The number of hydrogen-bond donors (Lipinski definition) is 2. The second-order valence-electron chi connectivity index (χ2n) is 3.94. The zero-order chi connectivity index (χ0) is 13.0. The van der Waals surface area contributed by atoms with Crippen molar-refractivity contribution in [2.24, 2.45) is 0 Å². The lowest BCUT2D eigenvalue weighted by atomic mass is 10.0. The van der Waals surface area contributed by atoms with Crippen molar-refractivity contribution in [2.45, 2.75) is 19.4 Å². The number of rotatable bonds is 5. The summed E-state index contributed by atoms with van der Waals surface area (Å²) in [5, 5.41) is 13.7. The molecule has 2 N–H and O–H groups in total. The Labute approximate surface area is 113 Å². The number of nitrogens with zero attached hydrogens (tertiary/aromatic N) is 2. The van der Waals surface area contributed by atoms with Crippen LogP contribution in [0.5, 0.6) is 0 Å². The molecule has 2 aromatic rings. The Morgan fingerprint density at radius 1 is 1.50 bits per heavy atom. The van der Waals surface area contributed by atoms with Gasteiger partial charge >= 0.3 is 0 Å². The van der Waals surface area contributed by atoms with Gasteiger partial charge in [-0.15, -0.1) is 0 Å². The largest absolute Gasteiger partial charge is 0.309 e. The minimum Gasteiger partial charge on any atom is -0.309 e. The van der Waals surface area contributed by atoms with Crippen molar-refractivity contribution in [2.75, 3.05) is 6.54 Å². The molecule has 18 heavy (non-hydrogen) atoms. The Kier molecular flexibility index (Phi) is 4.43. The van der Waals surface area contributed by atoms with E-state index in [0.717, 1.165) is 16.7 Å². The number of likely N-dealkylation sites (N-methyl/N-ethyl adjacent to an activating group) is 1. The molecule has 1 unspecified atom stereocenters. The third kappa shape index (κ3) is 3.14. The maximum absolute atomic E-state index is 13.7. The van der Waals surface area contributed by atoms with Gasteiger partial charge in [0.1, 0.15) is 5.82 Å². The molecule has 96 valence electrons. The van der Waals surface area contributed by atoms with Gasteiger partial charge in [0.25, 0.3) is 0 Å². The minimum absolute atomic E-state index is 0.0439. The van der Waals surface area contributed by atoms with Crippen LogP contribution in [0.15, 0.2) is 28.9 Å². The number of aromatic amines is 1. The number of H-pyrrole nitrogens is 1. The van der Waals surface area contributed by atoms with Crippen molar-refractivity contribution >= 4 is 15.9 Å². The van der Waals surface area contributed by atoms with Gasteiger partial charge in [0.05, 0.1) is 17.9 Å². The quantitative estimate of drug-likeness (QED) is 0.892. The van der Waals surface area contributed by atoms with Crippen LogP contribution in [0.1, 0.15) is 24.2 Å². The molecule has 0 bridgehead atoms. The predicted molar refractivity (Wildman–Crippen MR) is 70.6 cm³/mol. The summed E-state index contributed by atoms with van der Waals surface area (Å²) >= 11 is 3.35. The SMILES string of the molecule is CCNC(Cc1cc(Br)ccc1F)c1cn[nH]n1. The fourth-order valence-corrected chi connectivity index (χ4v) is 2.23. The lowest BCUT2D eigenvalue weighted by molar-refractivity contribution is 0.517. The first-order chi connectivity index (χ1) is 8.70. The van der Waals surface area contributed by atoms with Crippen LogP contribution >= 0.6 is 15.9 Å². The number of aromatic nitrogens is 3. The molecule has 0 aliphatic heterocycles. The molecule has 1 heterocycles. The number of halogens is 2. The molecule has 4 nitrogen and oxygen atoms in total. The normalized spacial score (nSPS) is 12.6. The van der Waals surface area contributed by atoms with Gasteiger partial charge in [0.2, 0.25) is 0 Å². The number of nitrogens with one attached hydrogen (secondary N) is 2. The smallest absolute Gasteiger partial charge is 0.126 e. The fourth-order valence-electron chi connectivity index (χ4n) is 1.83. The van der Waals surface area contributed by atoms with Crippen LogP contribution in [0, 0.1) is 5.82 Å². The summed E-state index contributed by atoms with van der Waals surface area (Å²) < 4.78 is 14.6. The average Bonchev–Trinajstić information content (AvgIpc) is 2.87. The van der Waals surface area contributed by atoms with E-state index in [1.165, 1.54) is 6.07 Å². The first kappa shape index (κ1) is 13.2. The molecule has 0 aliphatic rings. The highest BCUT2D eigenvalue weighted by molar-refractivity contribution is 9.10. The lowest BCUT2D eigenvalue weighted by Gasteiger charge is -2.15. The van der Waals surface area contributed by atoms with Gasteiger partial charge in [-0.3, -0.25) is 0 Å². The maximum Gasteiger partial charge on any atom is 0.126 e. The molecule has 0 fully saturated rings. The van der Waals surface area contributed by atoms with Gasteiger partial charge in [0.15, 0.2) is 0 Å². The summed E-state index contributed by atoms with van der Waals surface area (Å²) in [6.45, 7) is 2.79. The van der Waals surface area contributed by atoms with Crippen LogP contribution in [-0.2, 0) is 6.42 Å². The van der Waals surface area contributed by atoms with Gasteiger partial charge in [0, 0.05) is 4.47 Å². The van der Waals surface area contributed by atoms with Crippen molar-refractivity contribution in [1.82, 2.24) is 20.7 Å². The van der Waals surface area contributed by atoms with Crippen LogP contribution in [0.3, 0.4) is 0 Å². The Balaban J connectivity index is 2.21. The molecule has 0 radical (unpaired) electrons. The first-order valence-corrected chi connectivity index (χ1v) is 6.53. The van der Waals surface area contributed by atoms with E-state index in [2.05, 4.69) is 36.7 Å². The third-order valence-electron chi connectivity index (χ3n) is 2.67. The minimum atomic E-state index is -0.204. The number of hydrogen-bond acceptors (Lipinski definition) is 3. The zero-order valence-corrected chi connectivity index (χ0v) is 11.5. The van der Waals surface area contributed by atoms with Crippen LogP contribution in [0.25, 0.3) is 0 Å². The van der Waals surface area contributed by atoms with E-state index in [9.17, 15) is 4.39 Å². The second-order valence-corrected chi connectivity index (χ2v) is 4.86. The molecule has 2 rings (SSSR count). The van der Waals surface area contributed by atoms with E-state index < -0.39 is 0 Å². The Hall–Kier alpha value is -1.27. The highest BCUT2D eigenvalue weighted by Gasteiger charge is 2.16. The van der Waals surface area contributed by atoms with Crippen molar-refractivity contribution < 1.29 is 4.39 Å². The van der Waals surface area contributed by atoms with E-state index >= 15 is 0 Å². The topological polar surface area (TPSA) is 53.6 Å².